The van der Waals surface area contributed by atoms with Crippen molar-refractivity contribution in [2.24, 2.45) is 5.92 Å². The zero-order chi connectivity index (χ0) is 58.2. The van der Waals surface area contributed by atoms with Gasteiger partial charge in [-0.1, -0.05) is 38.1 Å². The highest BCUT2D eigenvalue weighted by atomic mass is 32.1. The summed E-state index contributed by atoms with van der Waals surface area (Å²) in [6, 6.07) is 14.0. The lowest BCUT2D eigenvalue weighted by atomic mass is 10.0. The van der Waals surface area contributed by atoms with E-state index in [9.17, 15) is 57.1 Å². The van der Waals surface area contributed by atoms with E-state index in [-0.39, 0.29) is 56.5 Å². The van der Waals surface area contributed by atoms with Crippen LogP contribution in [0.2, 0.25) is 0 Å². The predicted octanol–water partition coefficient (Wildman–Crippen LogP) is 5.63. The second-order valence-corrected chi connectivity index (χ2v) is 23.3. The van der Waals surface area contributed by atoms with E-state index in [2.05, 4.69) is 28.2 Å². The van der Waals surface area contributed by atoms with E-state index < -0.39 is 113 Å². The van der Waals surface area contributed by atoms with Crippen molar-refractivity contribution in [3.8, 4) is 22.3 Å². The summed E-state index contributed by atoms with van der Waals surface area (Å²) in [5.74, 6) is -3.42. The highest BCUT2D eigenvalue weighted by Crippen LogP contribution is 2.43. The highest BCUT2D eigenvalue weighted by Gasteiger charge is 2.52. The third-order valence-electron chi connectivity index (χ3n) is 16.0. The molecule has 3 N–H and O–H groups in total. The summed E-state index contributed by atoms with van der Waals surface area (Å²) in [6.07, 6.45) is -3.18. The molecular weight excluding hydrogens is 1090 g/mol. The maximum absolute atomic E-state index is 14.5. The molecule has 430 valence electrons. The fraction of sp³-hybridized carbons (Fsp3) is 0.491. The molecule has 4 aromatic rings. The number of nitrogens with zero attached hydrogens (tertiary/aromatic N) is 8. The lowest BCUT2D eigenvalue weighted by molar-refractivity contribution is -0.151. The zero-order valence-corrected chi connectivity index (χ0v) is 47.2. The van der Waals surface area contributed by atoms with E-state index in [0.717, 1.165) is 38.7 Å². The first kappa shape index (κ1) is 58.4. The maximum atomic E-state index is 14.5. The van der Waals surface area contributed by atoms with E-state index in [1.54, 1.807) is 79.8 Å². The average Bonchev–Trinajstić information content (AvgIpc) is 3.62. The molecule has 5 aliphatic heterocycles. The summed E-state index contributed by atoms with van der Waals surface area (Å²) < 4.78 is 47.5. The molecule has 0 saturated carbocycles. The van der Waals surface area contributed by atoms with Crippen molar-refractivity contribution in [1.82, 2.24) is 35.2 Å². The molecule has 0 spiro atoms. The Labute approximate surface area is 476 Å². The number of hydrogen-bond acceptors (Lipinski definition) is 14. The van der Waals surface area contributed by atoms with Crippen LogP contribution in [-0.4, -0.2) is 151 Å². The van der Waals surface area contributed by atoms with Crippen LogP contribution in [0.25, 0.3) is 10.4 Å². The van der Waals surface area contributed by atoms with Crippen molar-refractivity contribution in [1.29, 1.82) is 5.26 Å². The van der Waals surface area contributed by atoms with Crippen molar-refractivity contribution >= 4 is 76.7 Å². The van der Waals surface area contributed by atoms with Crippen LogP contribution < -0.4 is 25.2 Å². The average molecular weight is 1160 g/mol. The van der Waals surface area contributed by atoms with Crippen LogP contribution in [0.4, 0.5) is 24.5 Å². The number of hydrogen-bond donors (Lipinski definition) is 4. The molecule has 0 radical (unpaired) electrons. The predicted molar refractivity (Wildman–Crippen MR) is 296 cm³/mol. The van der Waals surface area contributed by atoms with Gasteiger partial charge in [-0.3, -0.25) is 38.5 Å². The van der Waals surface area contributed by atoms with Crippen molar-refractivity contribution in [3.63, 3.8) is 0 Å². The number of aryl methyl sites for hydroxylation is 1. The summed E-state index contributed by atoms with van der Waals surface area (Å²) in [6.45, 7) is 9.16. The molecule has 24 heteroatoms. The number of thiol groups is 1. The number of nitrogens with one attached hydrogen (secondary N) is 2. The molecule has 0 aliphatic carbocycles. The Morgan fingerprint density at radius 2 is 1.46 bits per heavy atom. The number of aliphatic hydroxyl groups is 1. The lowest BCUT2D eigenvalue weighted by Gasteiger charge is -2.35. The van der Waals surface area contributed by atoms with Crippen LogP contribution in [0.5, 0.6) is 5.75 Å². The van der Waals surface area contributed by atoms with Gasteiger partial charge in [0, 0.05) is 50.5 Å². The summed E-state index contributed by atoms with van der Waals surface area (Å²) in [7, 11) is 0. The van der Waals surface area contributed by atoms with Crippen LogP contribution >= 0.6 is 24.0 Å². The largest absolute Gasteiger partial charge is 0.484 e. The van der Waals surface area contributed by atoms with Crippen molar-refractivity contribution in [3.05, 3.63) is 94.6 Å². The summed E-state index contributed by atoms with van der Waals surface area (Å²) in [5, 5.41) is 25.8. The smallest absolute Gasteiger partial charge is 0.417 e. The number of likely N-dealkylation sites (tertiary alicyclic amines) is 4. The summed E-state index contributed by atoms with van der Waals surface area (Å²) in [5.41, 5.74) is 0.880. The van der Waals surface area contributed by atoms with Gasteiger partial charge >= 0.3 is 6.18 Å². The van der Waals surface area contributed by atoms with Crippen LogP contribution in [-0.2, 0) is 46.3 Å². The number of thiazole rings is 1. The molecule has 81 heavy (non-hydrogen) atoms. The van der Waals surface area contributed by atoms with E-state index >= 15 is 0 Å². The van der Waals surface area contributed by atoms with Gasteiger partial charge in [0.2, 0.25) is 29.5 Å². The molecule has 5 saturated heterocycles. The second kappa shape index (κ2) is 23.7. The molecule has 5 aliphatic rings. The number of rotatable bonds is 15. The minimum absolute atomic E-state index is 0.0222. The topological polar surface area (TPSA) is 229 Å². The number of aliphatic hydroxyl groups excluding tert-OH is 1. The molecule has 9 rings (SSSR count). The van der Waals surface area contributed by atoms with Crippen LogP contribution in [0.3, 0.4) is 0 Å². The number of carbonyl (C=O) groups is 7. The molecule has 7 amide bonds. The zero-order valence-electron chi connectivity index (χ0n) is 45.5. The number of anilines is 2. The highest BCUT2D eigenvalue weighted by molar-refractivity contribution is 7.81. The Kier molecular flexibility index (Phi) is 17.1. The van der Waals surface area contributed by atoms with Gasteiger partial charge in [-0.05, 0) is 119 Å². The normalized spacial score (nSPS) is 23.1. The molecular formula is C57H65F3N10O9S2. The van der Waals surface area contributed by atoms with Gasteiger partial charge < -0.3 is 45.0 Å². The number of nitriles is 1. The summed E-state index contributed by atoms with van der Waals surface area (Å²) >= 11 is 6.20. The quantitative estimate of drug-likeness (QED) is 0.106. The number of benzene rings is 3. The molecule has 5 fully saturated rings. The first-order valence-electron chi connectivity index (χ1n) is 27.1. The van der Waals surface area contributed by atoms with Gasteiger partial charge in [0.25, 0.3) is 11.8 Å². The van der Waals surface area contributed by atoms with Crippen molar-refractivity contribution in [2.45, 2.75) is 140 Å². The number of halogens is 3. The Bertz CT molecular complexity index is 3120. The Morgan fingerprint density at radius 1 is 0.852 bits per heavy atom. The maximum Gasteiger partial charge on any atom is 0.417 e. The molecule has 1 unspecified atom stereocenters. The third kappa shape index (κ3) is 11.8. The van der Waals surface area contributed by atoms with Crippen LogP contribution in [0.15, 0.2) is 72.2 Å². The lowest BCUT2D eigenvalue weighted by Crippen LogP contribution is -2.59. The second-order valence-electron chi connectivity index (χ2n) is 22.0. The molecule has 1 aromatic heterocycles. The van der Waals surface area contributed by atoms with Gasteiger partial charge in [0.05, 0.1) is 39.4 Å². The van der Waals surface area contributed by atoms with E-state index in [1.807, 2.05) is 31.2 Å². The van der Waals surface area contributed by atoms with Gasteiger partial charge in [0.15, 0.2) is 12.1 Å². The fourth-order valence-corrected chi connectivity index (χ4v) is 13.2. The summed E-state index contributed by atoms with van der Waals surface area (Å²) in [4.78, 5) is 112. The van der Waals surface area contributed by atoms with Crippen LogP contribution in [0.1, 0.15) is 95.0 Å². The monoisotopic (exact) mass is 1150 g/mol. The number of amides is 7. The number of carbonyl (C=O) groups excluding carboxylic acids is 7. The van der Waals surface area contributed by atoms with Crippen LogP contribution in [0, 0.1) is 24.2 Å². The molecule has 3 aromatic carbocycles. The fourth-order valence-electron chi connectivity index (χ4n) is 11.8. The molecule has 6 heterocycles. The third-order valence-corrected chi connectivity index (χ3v) is 17.5. The minimum atomic E-state index is -4.84. The van der Waals surface area contributed by atoms with Gasteiger partial charge in [0.1, 0.15) is 41.5 Å². The molecule has 0 bridgehead atoms. The van der Waals surface area contributed by atoms with E-state index in [0.29, 0.717) is 44.2 Å². The minimum Gasteiger partial charge on any atom is -0.484 e. The standard InChI is InChI=1S/C57H65F3N10O9S2/c1-32(2)47(53(77)68-29-39(71)26-45(68)49(73)62-28-34-12-14-35(15-13-34)48-33(3)63-31-81-48)64-50(74)42-9-6-23-66(42)52(76)44-11-8-24-67(44)51(75)43-10-7-22-65(43)46(72)30-79-40-20-18-37(19-21-40)70-55(80)69(54(78)56(70,4)5)38-17-16-36(27-61)41(25-38)57(58,59)60/h12-21,25,31-32,39,42-45,47,55,71,80H,6-11,22-24,26,28-30H2,1-5H3,(H,62,73)(H,64,74)/t39-,42+,43+,44+,45?,47+,55+/m1/s1. The molecule has 7 atom stereocenters. The Morgan fingerprint density at radius 3 is 2.06 bits per heavy atom. The first-order chi connectivity index (χ1) is 38.5. The Balaban J connectivity index is 0.789. The first-order valence-corrected chi connectivity index (χ1v) is 28.5. The Hall–Kier alpha value is -7.23. The van der Waals surface area contributed by atoms with Gasteiger partial charge in [-0.25, -0.2) is 4.98 Å². The molecule has 19 nitrogen and oxygen atoms in total. The number of β-amino-alcohol motifs (C(OH)–C–C–N with tert-alkyl or cyclic N) is 1. The van der Waals surface area contributed by atoms with E-state index in [1.165, 1.54) is 25.7 Å². The number of alkyl halides is 3. The number of aromatic nitrogens is 1. The SMILES string of the molecule is Cc1ncsc1-c1ccc(CNC(=O)C2C[C@@H](O)CN2C(=O)[C@@H](NC(=O)[C@@H]2CCCN2C(=O)[C@@H]2CCCN2C(=O)[C@@H]2CCCN2C(=O)COc2ccc(N3[C@@H](S)N(c4ccc(C#N)c(C(F)(F)F)c4)C(=O)C3(C)C)cc2)C(C)C)cc1. The van der Waals surface area contributed by atoms with Gasteiger partial charge in [-0.15, -0.1) is 24.0 Å². The number of ether oxygens (including phenoxy) is 1. The van der Waals surface area contributed by atoms with Gasteiger partial charge in [-0.2, -0.15) is 18.4 Å². The van der Waals surface area contributed by atoms with Crippen molar-refractivity contribution < 1.29 is 56.6 Å². The van der Waals surface area contributed by atoms with Crippen molar-refractivity contribution in [2.75, 3.05) is 42.6 Å². The van der Waals surface area contributed by atoms with E-state index in [4.69, 9.17) is 4.74 Å².